The molecule has 0 atom stereocenters. The highest BCUT2D eigenvalue weighted by atomic mass is 79.9. The SMILES string of the molecule is Cc1cc(C)cc(-n2c(SCC(=O)c3nnc(-c4ccccc4)o3)nnc2-c2ccc(Br)cc2)c1. The molecule has 0 aliphatic heterocycles. The topological polar surface area (TPSA) is 86.7 Å². The zero-order chi connectivity index (χ0) is 24.4. The van der Waals surface area contributed by atoms with E-state index in [4.69, 9.17) is 4.42 Å². The van der Waals surface area contributed by atoms with Gasteiger partial charge in [-0.15, -0.1) is 20.4 Å². The highest BCUT2D eigenvalue weighted by Crippen LogP contribution is 2.30. The van der Waals surface area contributed by atoms with Crippen LogP contribution in [0.1, 0.15) is 21.8 Å². The Bertz CT molecular complexity index is 1480. The monoisotopic (exact) mass is 545 g/mol. The number of hydrogen-bond acceptors (Lipinski definition) is 7. The lowest BCUT2D eigenvalue weighted by molar-refractivity contribution is 0.0986. The van der Waals surface area contributed by atoms with Crippen molar-refractivity contribution in [3.05, 3.63) is 94.3 Å². The fourth-order valence-electron chi connectivity index (χ4n) is 3.69. The van der Waals surface area contributed by atoms with Gasteiger partial charge in [0, 0.05) is 15.6 Å². The molecule has 0 aliphatic rings. The first-order valence-electron chi connectivity index (χ1n) is 10.8. The van der Waals surface area contributed by atoms with Gasteiger partial charge >= 0.3 is 0 Å². The van der Waals surface area contributed by atoms with Crippen molar-refractivity contribution in [1.82, 2.24) is 25.0 Å². The fourth-order valence-corrected chi connectivity index (χ4v) is 4.75. The molecule has 0 amide bonds. The van der Waals surface area contributed by atoms with Crippen molar-refractivity contribution in [3.8, 4) is 28.5 Å². The van der Waals surface area contributed by atoms with Crippen LogP contribution in [0.15, 0.2) is 86.8 Å². The van der Waals surface area contributed by atoms with Crippen LogP contribution < -0.4 is 0 Å². The molecule has 3 aromatic carbocycles. The quantitative estimate of drug-likeness (QED) is 0.174. The van der Waals surface area contributed by atoms with Gasteiger partial charge in [0.15, 0.2) is 11.0 Å². The summed E-state index contributed by atoms with van der Waals surface area (Å²) in [6, 6.07) is 23.5. The third-order valence-corrected chi connectivity index (χ3v) is 6.67. The van der Waals surface area contributed by atoms with E-state index in [0.29, 0.717) is 16.9 Å². The first kappa shape index (κ1) is 23.2. The van der Waals surface area contributed by atoms with Crippen LogP contribution in [-0.4, -0.2) is 36.5 Å². The maximum atomic E-state index is 12.9. The lowest BCUT2D eigenvalue weighted by Crippen LogP contribution is -2.06. The van der Waals surface area contributed by atoms with E-state index in [1.165, 1.54) is 11.8 Å². The third kappa shape index (κ3) is 5.11. The van der Waals surface area contributed by atoms with Crippen molar-refractivity contribution in [2.45, 2.75) is 19.0 Å². The Morgan fingerprint density at radius 3 is 2.31 bits per heavy atom. The third-order valence-electron chi connectivity index (χ3n) is 5.22. The molecule has 0 saturated heterocycles. The van der Waals surface area contributed by atoms with Crippen LogP contribution in [-0.2, 0) is 0 Å². The molecule has 9 heteroatoms. The highest BCUT2D eigenvalue weighted by Gasteiger charge is 2.21. The first-order valence-corrected chi connectivity index (χ1v) is 12.6. The molecule has 7 nitrogen and oxygen atoms in total. The van der Waals surface area contributed by atoms with Gasteiger partial charge in [0.25, 0.3) is 5.89 Å². The number of carbonyl (C=O) groups excluding carboxylic acids is 1. The Balaban J connectivity index is 1.44. The summed E-state index contributed by atoms with van der Waals surface area (Å²) in [4.78, 5) is 12.9. The van der Waals surface area contributed by atoms with Crippen LogP contribution in [0, 0.1) is 13.8 Å². The van der Waals surface area contributed by atoms with Crippen LogP contribution in [0.25, 0.3) is 28.5 Å². The van der Waals surface area contributed by atoms with E-state index in [0.717, 1.165) is 32.4 Å². The van der Waals surface area contributed by atoms with Gasteiger partial charge in [0.05, 0.1) is 11.4 Å². The molecular weight excluding hydrogens is 526 g/mol. The summed E-state index contributed by atoms with van der Waals surface area (Å²) in [5, 5.41) is 17.4. The molecule has 0 saturated carbocycles. The largest absolute Gasteiger partial charge is 0.414 e. The molecule has 0 unspecified atom stereocenters. The standard InChI is InChI=1S/C26H20BrN5O2S/c1-16-12-17(2)14-21(13-16)32-23(18-8-10-20(27)11-9-18)28-31-26(32)35-15-22(33)25-30-29-24(34-25)19-6-4-3-5-7-19/h3-14H,15H2,1-2H3. The van der Waals surface area contributed by atoms with Crippen molar-refractivity contribution >= 4 is 33.5 Å². The molecule has 0 spiro atoms. The normalized spacial score (nSPS) is 11.1. The molecule has 0 N–H and O–H groups in total. The van der Waals surface area contributed by atoms with Crippen LogP contribution in [0.4, 0.5) is 0 Å². The van der Waals surface area contributed by atoms with E-state index in [9.17, 15) is 4.79 Å². The summed E-state index contributed by atoms with van der Waals surface area (Å²) in [5.41, 5.74) is 4.87. The second-order valence-electron chi connectivity index (χ2n) is 7.98. The van der Waals surface area contributed by atoms with E-state index in [1.807, 2.05) is 59.2 Å². The average Bonchev–Trinajstić information content (AvgIpc) is 3.51. The predicted octanol–water partition coefficient (Wildman–Crippen LogP) is 6.34. The molecule has 5 rings (SSSR count). The molecule has 2 aromatic heterocycles. The van der Waals surface area contributed by atoms with Crippen LogP contribution in [0.2, 0.25) is 0 Å². The zero-order valence-electron chi connectivity index (χ0n) is 19.0. The Morgan fingerprint density at radius 1 is 0.886 bits per heavy atom. The number of halogens is 1. The highest BCUT2D eigenvalue weighted by molar-refractivity contribution is 9.10. The van der Waals surface area contributed by atoms with E-state index < -0.39 is 0 Å². The second-order valence-corrected chi connectivity index (χ2v) is 9.84. The van der Waals surface area contributed by atoms with Crippen LogP contribution in [0.5, 0.6) is 0 Å². The van der Waals surface area contributed by atoms with Crippen molar-refractivity contribution in [2.75, 3.05) is 5.75 Å². The molecular formula is C26H20BrN5O2S. The maximum absolute atomic E-state index is 12.9. The number of aromatic nitrogens is 5. The minimum atomic E-state index is -0.273. The smallest absolute Gasteiger partial charge is 0.285 e. The molecule has 174 valence electrons. The number of ketones is 1. The van der Waals surface area contributed by atoms with Crippen LogP contribution in [0.3, 0.4) is 0 Å². The lowest BCUT2D eigenvalue weighted by Gasteiger charge is -2.12. The van der Waals surface area contributed by atoms with Gasteiger partial charge < -0.3 is 4.42 Å². The van der Waals surface area contributed by atoms with E-state index in [1.54, 1.807) is 0 Å². The van der Waals surface area contributed by atoms with Gasteiger partial charge in [0.1, 0.15) is 0 Å². The number of hydrogen-bond donors (Lipinski definition) is 0. The maximum Gasteiger partial charge on any atom is 0.285 e. The van der Waals surface area contributed by atoms with Gasteiger partial charge in [-0.3, -0.25) is 9.36 Å². The van der Waals surface area contributed by atoms with Gasteiger partial charge in [-0.05, 0) is 61.4 Å². The molecule has 0 radical (unpaired) electrons. The van der Waals surface area contributed by atoms with Crippen molar-refractivity contribution in [3.63, 3.8) is 0 Å². The minimum absolute atomic E-state index is 0.0260. The van der Waals surface area contributed by atoms with Gasteiger partial charge in [-0.25, -0.2) is 0 Å². The molecule has 0 bridgehead atoms. The number of nitrogens with zero attached hydrogens (tertiary/aromatic N) is 5. The molecule has 35 heavy (non-hydrogen) atoms. The molecule has 5 aromatic rings. The number of benzene rings is 3. The summed E-state index contributed by atoms with van der Waals surface area (Å²) in [6.45, 7) is 4.10. The zero-order valence-corrected chi connectivity index (χ0v) is 21.4. The Hall–Kier alpha value is -3.56. The summed E-state index contributed by atoms with van der Waals surface area (Å²) < 4.78 is 8.58. The predicted molar refractivity (Wildman–Crippen MR) is 139 cm³/mol. The van der Waals surface area contributed by atoms with E-state index in [2.05, 4.69) is 68.4 Å². The Labute approximate surface area is 214 Å². The summed E-state index contributed by atoms with van der Waals surface area (Å²) >= 11 is 4.76. The Kier molecular flexibility index (Phi) is 6.61. The molecule has 0 aliphatic carbocycles. The van der Waals surface area contributed by atoms with Gasteiger partial charge in [0.2, 0.25) is 11.7 Å². The Morgan fingerprint density at radius 2 is 1.60 bits per heavy atom. The van der Waals surface area contributed by atoms with Crippen LogP contribution >= 0.6 is 27.7 Å². The number of Topliss-reactive ketones (excluding diaryl/α,β-unsaturated/α-hetero) is 1. The van der Waals surface area contributed by atoms with E-state index >= 15 is 0 Å². The van der Waals surface area contributed by atoms with Crippen molar-refractivity contribution in [1.29, 1.82) is 0 Å². The second kappa shape index (κ2) is 9.97. The minimum Gasteiger partial charge on any atom is -0.414 e. The molecule has 0 fully saturated rings. The fraction of sp³-hybridized carbons (Fsp3) is 0.115. The van der Waals surface area contributed by atoms with Gasteiger partial charge in [-0.2, -0.15) is 0 Å². The number of thioether (sulfide) groups is 1. The lowest BCUT2D eigenvalue weighted by atomic mass is 10.1. The summed E-state index contributed by atoms with van der Waals surface area (Å²) in [7, 11) is 0. The number of rotatable bonds is 7. The van der Waals surface area contributed by atoms with Crippen molar-refractivity contribution < 1.29 is 9.21 Å². The first-order chi connectivity index (χ1) is 17.0. The number of carbonyl (C=O) groups is 1. The summed E-state index contributed by atoms with van der Waals surface area (Å²) in [6.07, 6.45) is 0. The number of aryl methyl sites for hydroxylation is 2. The average molecular weight is 546 g/mol. The van der Waals surface area contributed by atoms with E-state index in [-0.39, 0.29) is 17.4 Å². The van der Waals surface area contributed by atoms with Gasteiger partial charge in [-0.1, -0.05) is 64.1 Å². The molecule has 2 heterocycles. The van der Waals surface area contributed by atoms with Crippen molar-refractivity contribution in [2.24, 2.45) is 0 Å². The summed E-state index contributed by atoms with van der Waals surface area (Å²) in [5.74, 6) is 0.794.